The number of amides is 1. The quantitative estimate of drug-likeness (QED) is 0.638. The Balaban J connectivity index is 2.09. The third-order valence-electron chi connectivity index (χ3n) is 4.07. The number of benzene rings is 3. The van der Waals surface area contributed by atoms with Crippen LogP contribution in [0.5, 0.6) is 5.75 Å². The molecule has 0 aliphatic heterocycles. The van der Waals surface area contributed by atoms with Crippen molar-refractivity contribution in [2.75, 3.05) is 12.4 Å². The van der Waals surface area contributed by atoms with Gasteiger partial charge in [-0.2, -0.15) is 0 Å². The normalized spacial score (nSPS) is 10.4. The predicted octanol–water partition coefficient (Wildman–Crippen LogP) is 3.50. The number of carbonyl (C=O) groups is 3. The zero-order valence-electron chi connectivity index (χ0n) is 14.2. The number of nitrogens with one attached hydrogen (secondary N) is 1. The summed E-state index contributed by atoms with van der Waals surface area (Å²) in [5.41, 5.74) is 0.320. The van der Waals surface area contributed by atoms with Crippen molar-refractivity contribution in [3.05, 3.63) is 71.3 Å². The minimum atomic E-state index is -1.15. The molecule has 3 aromatic rings. The number of anilines is 1. The highest BCUT2D eigenvalue weighted by Crippen LogP contribution is 2.28. The average Bonchev–Trinajstić information content (AvgIpc) is 2.66. The first-order valence-corrected chi connectivity index (χ1v) is 7.90. The van der Waals surface area contributed by atoms with Gasteiger partial charge in [-0.25, -0.2) is 9.59 Å². The summed E-state index contributed by atoms with van der Waals surface area (Å²) >= 11 is 0. The second-order valence-electron chi connectivity index (χ2n) is 5.69. The fourth-order valence-electron chi connectivity index (χ4n) is 2.84. The fraction of sp³-hybridized carbons (Fsp3) is 0.0500. The number of ether oxygens (including phenoxy) is 1. The van der Waals surface area contributed by atoms with Crippen molar-refractivity contribution >= 4 is 34.3 Å². The van der Waals surface area contributed by atoms with Gasteiger partial charge in [0.2, 0.25) is 0 Å². The molecule has 136 valence electrons. The molecule has 1 amide bonds. The molecule has 0 radical (unpaired) electrons. The zero-order valence-corrected chi connectivity index (χ0v) is 14.2. The maximum Gasteiger partial charge on any atom is 0.336 e. The molecule has 0 saturated heterocycles. The monoisotopic (exact) mass is 365 g/mol. The van der Waals surface area contributed by atoms with Crippen molar-refractivity contribution in [2.45, 2.75) is 0 Å². The highest BCUT2D eigenvalue weighted by Gasteiger charge is 2.18. The lowest BCUT2D eigenvalue weighted by Crippen LogP contribution is -2.15. The minimum Gasteiger partial charge on any atom is -0.495 e. The van der Waals surface area contributed by atoms with Crippen LogP contribution in [0.2, 0.25) is 0 Å². The minimum absolute atomic E-state index is 0.00417. The molecule has 0 atom stereocenters. The van der Waals surface area contributed by atoms with E-state index >= 15 is 0 Å². The largest absolute Gasteiger partial charge is 0.495 e. The molecule has 0 aliphatic carbocycles. The van der Waals surface area contributed by atoms with Gasteiger partial charge in [0.1, 0.15) is 5.75 Å². The molecule has 0 spiro atoms. The van der Waals surface area contributed by atoms with Gasteiger partial charge in [-0.05, 0) is 35.7 Å². The Morgan fingerprint density at radius 2 is 1.56 bits per heavy atom. The van der Waals surface area contributed by atoms with Gasteiger partial charge in [-0.1, -0.05) is 24.3 Å². The smallest absolute Gasteiger partial charge is 0.336 e. The molecule has 0 saturated carbocycles. The van der Waals surface area contributed by atoms with Gasteiger partial charge in [-0.15, -0.1) is 0 Å². The van der Waals surface area contributed by atoms with Crippen LogP contribution < -0.4 is 10.1 Å². The SMILES string of the molecule is COc1ccc(C(=O)O)cc1NC(=O)c1cccc2cccc(C(=O)O)c12. The Morgan fingerprint density at radius 3 is 2.15 bits per heavy atom. The summed E-state index contributed by atoms with van der Waals surface area (Å²) in [5, 5.41) is 22.1. The average molecular weight is 365 g/mol. The van der Waals surface area contributed by atoms with Gasteiger partial charge >= 0.3 is 11.9 Å². The fourth-order valence-corrected chi connectivity index (χ4v) is 2.84. The van der Waals surface area contributed by atoms with Crippen molar-refractivity contribution in [1.82, 2.24) is 0 Å². The number of aromatic carboxylic acids is 2. The third-order valence-corrected chi connectivity index (χ3v) is 4.07. The van der Waals surface area contributed by atoms with Gasteiger partial charge in [-0.3, -0.25) is 4.79 Å². The van der Waals surface area contributed by atoms with Crippen molar-refractivity contribution in [2.24, 2.45) is 0 Å². The van der Waals surface area contributed by atoms with Crippen LogP contribution in [0.3, 0.4) is 0 Å². The van der Waals surface area contributed by atoms with Crippen molar-refractivity contribution in [1.29, 1.82) is 0 Å². The molecular weight excluding hydrogens is 350 g/mol. The van der Waals surface area contributed by atoms with Gasteiger partial charge in [0, 0.05) is 10.9 Å². The number of fused-ring (bicyclic) bond motifs is 1. The van der Waals surface area contributed by atoms with E-state index in [1.807, 2.05) is 0 Å². The lowest BCUT2D eigenvalue weighted by molar-refractivity contribution is 0.0687. The first kappa shape index (κ1) is 17.9. The molecule has 7 heteroatoms. The van der Waals surface area contributed by atoms with Crippen LogP contribution in [-0.4, -0.2) is 35.2 Å². The molecular formula is C20H15NO6. The van der Waals surface area contributed by atoms with E-state index in [-0.39, 0.29) is 28.1 Å². The molecule has 3 aromatic carbocycles. The molecule has 0 heterocycles. The summed E-state index contributed by atoms with van der Waals surface area (Å²) < 4.78 is 5.16. The van der Waals surface area contributed by atoms with E-state index in [0.717, 1.165) is 0 Å². The first-order chi connectivity index (χ1) is 12.9. The van der Waals surface area contributed by atoms with E-state index in [1.54, 1.807) is 24.3 Å². The van der Waals surface area contributed by atoms with E-state index in [2.05, 4.69) is 5.32 Å². The first-order valence-electron chi connectivity index (χ1n) is 7.90. The summed E-state index contributed by atoms with van der Waals surface area (Å²) in [6, 6.07) is 13.7. The van der Waals surface area contributed by atoms with Crippen LogP contribution in [0.1, 0.15) is 31.1 Å². The van der Waals surface area contributed by atoms with E-state index < -0.39 is 17.8 Å². The third kappa shape index (κ3) is 3.43. The second-order valence-corrected chi connectivity index (χ2v) is 5.69. The summed E-state index contributed by atoms with van der Waals surface area (Å²) in [6.07, 6.45) is 0. The molecule has 0 bridgehead atoms. The zero-order chi connectivity index (χ0) is 19.6. The van der Waals surface area contributed by atoms with Crippen molar-refractivity contribution in [3.8, 4) is 5.75 Å². The molecule has 0 aromatic heterocycles. The Labute approximate surface area is 153 Å². The van der Waals surface area contributed by atoms with E-state index in [1.165, 1.54) is 37.4 Å². The van der Waals surface area contributed by atoms with Gasteiger partial charge in [0.15, 0.2) is 0 Å². The van der Waals surface area contributed by atoms with Gasteiger partial charge < -0.3 is 20.3 Å². The van der Waals surface area contributed by atoms with Crippen molar-refractivity contribution in [3.63, 3.8) is 0 Å². The van der Waals surface area contributed by atoms with Crippen molar-refractivity contribution < 1.29 is 29.3 Å². The number of rotatable bonds is 5. The lowest BCUT2D eigenvalue weighted by Gasteiger charge is -2.13. The van der Waals surface area contributed by atoms with E-state index in [0.29, 0.717) is 10.8 Å². The highest BCUT2D eigenvalue weighted by molar-refractivity contribution is 6.18. The Bertz CT molecular complexity index is 1070. The van der Waals surface area contributed by atoms with Crippen LogP contribution in [0.25, 0.3) is 10.8 Å². The molecule has 7 nitrogen and oxygen atoms in total. The number of hydrogen-bond donors (Lipinski definition) is 3. The number of carbonyl (C=O) groups excluding carboxylic acids is 1. The Morgan fingerprint density at radius 1 is 0.889 bits per heavy atom. The van der Waals surface area contributed by atoms with Crippen LogP contribution in [-0.2, 0) is 0 Å². The Kier molecular flexibility index (Phi) is 4.76. The van der Waals surface area contributed by atoms with Gasteiger partial charge in [0.05, 0.1) is 23.9 Å². The lowest BCUT2D eigenvalue weighted by atomic mass is 9.98. The molecule has 0 fully saturated rings. The Hall–Kier alpha value is -3.87. The molecule has 0 unspecified atom stereocenters. The summed E-state index contributed by atoms with van der Waals surface area (Å²) in [5.74, 6) is -2.58. The molecule has 27 heavy (non-hydrogen) atoms. The summed E-state index contributed by atoms with van der Waals surface area (Å²) in [7, 11) is 1.39. The maximum absolute atomic E-state index is 12.8. The predicted molar refractivity (Wildman–Crippen MR) is 98.8 cm³/mol. The number of methoxy groups -OCH3 is 1. The number of carboxylic acid groups (broad SMARTS) is 2. The van der Waals surface area contributed by atoms with Gasteiger partial charge in [0.25, 0.3) is 5.91 Å². The highest BCUT2D eigenvalue weighted by atomic mass is 16.5. The molecule has 3 N–H and O–H groups in total. The topological polar surface area (TPSA) is 113 Å². The number of carboxylic acids is 2. The second kappa shape index (κ2) is 7.17. The summed E-state index contributed by atoms with van der Waals surface area (Å²) in [4.78, 5) is 35.6. The molecule has 0 aliphatic rings. The maximum atomic E-state index is 12.8. The van der Waals surface area contributed by atoms with E-state index in [4.69, 9.17) is 9.84 Å². The van der Waals surface area contributed by atoms with E-state index in [9.17, 15) is 19.5 Å². The molecule has 3 rings (SSSR count). The van der Waals surface area contributed by atoms with Crippen LogP contribution in [0.4, 0.5) is 5.69 Å². The van der Waals surface area contributed by atoms with Crippen LogP contribution in [0.15, 0.2) is 54.6 Å². The number of hydrogen-bond acceptors (Lipinski definition) is 4. The van der Waals surface area contributed by atoms with Crippen LogP contribution in [0, 0.1) is 0 Å². The standard InChI is InChI=1S/C20H15NO6/c1-27-16-9-8-12(19(23)24)10-15(16)21-18(22)13-6-2-4-11-5-3-7-14(17(11)13)20(25)26/h2-10H,1H3,(H,21,22)(H,23,24)(H,25,26). The van der Waals surface area contributed by atoms with Crippen LogP contribution >= 0.6 is 0 Å². The summed E-state index contributed by atoms with van der Waals surface area (Å²) in [6.45, 7) is 0.